The number of fused-ring (bicyclic) bond motifs is 5. The highest BCUT2D eigenvalue weighted by Gasteiger charge is 2.58. The molecule has 0 aromatic carbocycles. The molecule has 1 saturated heterocycles. The fourth-order valence-electron chi connectivity index (χ4n) is 9.20. The second-order valence-electron chi connectivity index (χ2n) is 12.4. The van der Waals surface area contributed by atoms with E-state index in [2.05, 4.69) is 30.1 Å². The van der Waals surface area contributed by atoms with Crippen LogP contribution in [0.5, 0.6) is 0 Å². The van der Waals surface area contributed by atoms with Gasteiger partial charge in [-0.1, -0.05) is 25.5 Å². The smallest absolute Gasteiger partial charge is 0.335 e. The predicted octanol–water partition coefficient (Wildman–Crippen LogP) is 5.35. The summed E-state index contributed by atoms with van der Waals surface area (Å²) in [5, 5.41) is 3.59. The van der Waals surface area contributed by atoms with E-state index >= 15 is 0 Å². The zero-order valence-corrected chi connectivity index (χ0v) is 20.7. The molecule has 0 bridgehead atoms. The van der Waals surface area contributed by atoms with Crippen molar-refractivity contribution in [2.24, 2.45) is 28.6 Å². The first kappa shape index (κ1) is 22.1. The van der Waals surface area contributed by atoms with Gasteiger partial charge in [-0.3, -0.25) is 4.90 Å². The summed E-state index contributed by atoms with van der Waals surface area (Å²) in [6.07, 6.45) is 16.5. The monoisotopic (exact) mass is 450 g/mol. The van der Waals surface area contributed by atoms with Crippen LogP contribution in [0.25, 0.3) is 0 Å². The van der Waals surface area contributed by atoms with Gasteiger partial charge in [0.15, 0.2) is 0 Å². The van der Waals surface area contributed by atoms with E-state index in [0.717, 1.165) is 30.2 Å². The van der Waals surface area contributed by atoms with Crippen molar-refractivity contribution in [2.45, 2.75) is 83.6 Å². The van der Waals surface area contributed by atoms with Crippen LogP contribution in [-0.2, 0) is 0 Å². The van der Waals surface area contributed by atoms with E-state index in [1.165, 1.54) is 83.1 Å². The molecule has 1 aromatic heterocycles. The molecule has 0 amide bonds. The van der Waals surface area contributed by atoms with Crippen molar-refractivity contribution in [2.75, 3.05) is 26.2 Å². The average molecular weight is 451 g/mol. The third-order valence-corrected chi connectivity index (χ3v) is 11.1. The van der Waals surface area contributed by atoms with E-state index in [9.17, 15) is 4.79 Å². The van der Waals surface area contributed by atoms with Gasteiger partial charge in [0.05, 0.1) is 6.26 Å². The van der Waals surface area contributed by atoms with Crippen molar-refractivity contribution in [1.29, 1.82) is 0 Å². The van der Waals surface area contributed by atoms with E-state index in [1.54, 1.807) is 17.9 Å². The summed E-state index contributed by atoms with van der Waals surface area (Å²) in [5.41, 5.74) is 3.49. The molecule has 5 aliphatic rings. The van der Waals surface area contributed by atoms with E-state index < -0.39 is 0 Å². The summed E-state index contributed by atoms with van der Waals surface area (Å²) in [6, 6.07) is 4.44. The molecule has 1 unspecified atom stereocenters. The van der Waals surface area contributed by atoms with Crippen LogP contribution in [0.2, 0.25) is 0 Å². The van der Waals surface area contributed by atoms with Crippen LogP contribution in [0.4, 0.5) is 0 Å². The maximum absolute atomic E-state index is 11.5. The van der Waals surface area contributed by atoms with Gasteiger partial charge in [0.25, 0.3) is 0 Å². The van der Waals surface area contributed by atoms with Gasteiger partial charge in [-0.15, -0.1) is 0 Å². The maximum atomic E-state index is 11.5. The molecule has 6 rings (SSSR count). The van der Waals surface area contributed by atoms with Crippen LogP contribution >= 0.6 is 0 Å². The van der Waals surface area contributed by atoms with Crippen molar-refractivity contribution in [3.05, 3.63) is 46.0 Å². The Morgan fingerprint density at radius 2 is 1.97 bits per heavy atom. The minimum Gasteiger partial charge on any atom is -0.431 e. The lowest BCUT2D eigenvalue weighted by Gasteiger charge is -2.60. The van der Waals surface area contributed by atoms with E-state index in [4.69, 9.17) is 4.42 Å². The number of nitrogens with zero attached hydrogens (tertiary/aromatic N) is 1. The van der Waals surface area contributed by atoms with Crippen LogP contribution in [0.3, 0.4) is 0 Å². The first-order chi connectivity index (χ1) is 16.0. The van der Waals surface area contributed by atoms with Gasteiger partial charge >= 0.3 is 5.63 Å². The fraction of sp³-hybridized carbons (Fsp3) is 0.759. The highest BCUT2D eigenvalue weighted by Crippen LogP contribution is 2.67. The lowest BCUT2D eigenvalue weighted by Crippen LogP contribution is -2.54. The lowest BCUT2D eigenvalue weighted by molar-refractivity contribution is -0.0724. The van der Waals surface area contributed by atoms with E-state index in [0.29, 0.717) is 11.3 Å². The quantitative estimate of drug-likeness (QED) is 0.617. The van der Waals surface area contributed by atoms with Gasteiger partial charge in [-0.2, -0.15) is 0 Å². The Labute approximate surface area is 199 Å². The molecular weight excluding hydrogens is 408 g/mol. The lowest BCUT2D eigenvalue weighted by atomic mass is 9.45. The number of hydrogen-bond acceptors (Lipinski definition) is 4. The number of hydrogen-bond donors (Lipinski definition) is 1. The second-order valence-corrected chi connectivity index (χ2v) is 12.4. The molecule has 1 N–H and O–H groups in total. The zero-order valence-electron chi connectivity index (χ0n) is 20.7. The summed E-state index contributed by atoms with van der Waals surface area (Å²) >= 11 is 0. The van der Waals surface area contributed by atoms with E-state index in [1.807, 2.05) is 6.07 Å². The van der Waals surface area contributed by atoms with E-state index in [-0.39, 0.29) is 11.0 Å². The molecular formula is C29H42N2O2. The molecule has 4 aliphatic carbocycles. The molecule has 0 radical (unpaired) electrons. The van der Waals surface area contributed by atoms with Crippen molar-refractivity contribution < 1.29 is 4.42 Å². The van der Waals surface area contributed by atoms with Crippen LogP contribution in [0.15, 0.2) is 39.3 Å². The molecule has 4 fully saturated rings. The third kappa shape index (κ3) is 3.58. The van der Waals surface area contributed by atoms with Crippen molar-refractivity contribution in [3.63, 3.8) is 0 Å². The Kier molecular flexibility index (Phi) is 5.61. The molecule has 33 heavy (non-hydrogen) atoms. The summed E-state index contributed by atoms with van der Waals surface area (Å²) in [5.74, 6) is 2.99. The van der Waals surface area contributed by atoms with Crippen molar-refractivity contribution in [1.82, 2.24) is 10.2 Å². The van der Waals surface area contributed by atoms with Crippen LogP contribution in [0, 0.1) is 28.6 Å². The molecule has 4 nitrogen and oxygen atoms in total. The zero-order chi connectivity index (χ0) is 22.6. The van der Waals surface area contributed by atoms with Gasteiger partial charge in [0.2, 0.25) is 0 Å². The molecule has 0 spiro atoms. The first-order valence-corrected chi connectivity index (χ1v) is 13.7. The predicted molar refractivity (Wildman–Crippen MR) is 132 cm³/mol. The molecule has 7 atom stereocenters. The highest BCUT2D eigenvalue weighted by molar-refractivity contribution is 5.36. The molecule has 3 saturated carbocycles. The van der Waals surface area contributed by atoms with Crippen molar-refractivity contribution in [3.8, 4) is 0 Å². The number of nitrogens with one attached hydrogen (secondary N) is 1. The van der Waals surface area contributed by atoms with Crippen molar-refractivity contribution >= 4 is 0 Å². The Bertz CT molecular complexity index is 940. The van der Waals surface area contributed by atoms with Gasteiger partial charge in [-0.05, 0) is 117 Å². The van der Waals surface area contributed by atoms with Crippen LogP contribution < -0.4 is 10.9 Å². The van der Waals surface area contributed by atoms with Crippen LogP contribution in [0.1, 0.15) is 83.1 Å². The SMILES string of the molecule is C[C@]12CCC(N3CCCNCC3)C[C@H]1CC[C@H]1C3=CC[C@H](c4ccc(=O)oc4)[C@@]3(C)CC[C@@H]12. The normalized spacial score (nSPS) is 43.7. The summed E-state index contributed by atoms with van der Waals surface area (Å²) < 4.78 is 5.27. The number of rotatable bonds is 2. The summed E-state index contributed by atoms with van der Waals surface area (Å²) in [4.78, 5) is 14.3. The summed E-state index contributed by atoms with van der Waals surface area (Å²) in [6.45, 7) is 10.1. The van der Waals surface area contributed by atoms with Gasteiger partial charge in [-0.25, -0.2) is 4.79 Å². The van der Waals surface area contributed by atoms with Gasteiger partial charge < -0.3 is 9.73 Å². The Morgan fingerprint density at radius 1 is 1.06 bits per heavy atom. The summed E-state index contributed by atoms with van der Waals surface area (Å²) in [7, 11) is 0. The topological polar surface area (TPSA) is 45.5 Å². The standard InChI is InChI=1S/C29H42N2O2/c1-28-12-10-22(31-16-3-14-30-15-17-31)18-21(28)5-6-23-25-8-7-24(20-4-9-27(32)33-19-20)29(25,2)13-11-26(23)28/h4,8-9,19,21-24,26,30H,3,5-7,10-18H2,1-2H3/t21-,22?,23+,24-,26+,28+,29-/m1/s1. The molecule has 1 aromatic rings. The van der Waals surface area contributed by atoms with Gasteiger partial charge in [0, 0.05) is 25.2 Å². The molecule has 2 heterocycles. The van der Waals surface area contributed by atoms with Crippen LogP contribution in [-0.4, -0.2) is 37.1 Å². The highest BCUT2D eigenvalue weighted by atomic mass is 16.4. The largest absolute Gasteiger partial charge is 0.431 e. The second kappa shape index (κ2) is 8.37. The van der Waals surface area contributed by atoms with Gasteiger partial charge in [0.1, 0.15) is 0 Å². The fourth-order valence-corrected chi connectivity index (χ4v) is 9.20. The minimum absolute atomic E-state index is 0.237. The minimum atomic E-state index is -0.239. The third-order valence-electron chi connectivity index (χ3n) is 11.1. The molecule has 4 heteroatoms. The Balaban J connectivity index is 1.20. The molecule has 180 valence electrons. The maximum Gasteiger partial charge on any atom is 0.335 e. The molecule has 1 aliphatic heterocycles. The Hall–Kier alpha value is -1.39. The Morgan fingerprint density at radius 3 is 2.82 bits per heavy atom. The number of allylic oxidation sites excluding steroid dienone is 2. The first-order valence-electron chi connectivity index (χ1n) is 13.7. The average Bonchev–Trinajstić information content (AvgIpc) is 2.97.